The molecular formula is C17H20F3N3O. The lowest BCUT2D eigenvalue weighted by molar-refractivity contribution is -0.143. The summed E-state index contributed by atoms with van der Waals surface area (Å²) in [6, 6.07) is 6.27. The van der Waals surface area contributed by atoms with Crippen molar-refractivity contribution in [1.82, 2.24) is 15.1 Å². The minimum absolute atomic E-state index is 0.202. The van der Waals surface area contributed by atoms with E-state index in [1.807, 2.05) is 13.8 Å². The lowest BCUT2D eigenvalue weighted by Gasteiger charge is -2.15. The van der Waals surface area contributed by atoms with Gasteiger partial charge in [0.25, 0.3) is 5.91 Å². The average molecular weight is 339 g/mol. The molecule has 0 fully saturated rings. The molecular weight excluding hydrogens is 319 g/mol. The van der Waals surface area contributed by atoms with Crippen molar-refractivity contribution in [2.75, 3.05) is 0 Å². The van der Waals surface area contributed by atoms with Crippen molar-refractivity contribution in [2.45, 2.75) is 45.8 Å². The van der Waals surface area contributed by atoms with Crippen molar-refractivity contribution < 1.29 is 18.0 Å². The van der Waals surface area contributed by atoms with E-state index >= 15 is 0 Å². The maximum absolute atomic E-state index is 13.5. The van der Waals surface area contributed by atoms with E-state index in [1.54, 1.807) is 31.2 Å². The van der Waals surface area contributed by atoms with Gasteiger partial charge in [-0.25, -0.2) is 4.68 Å². The number of aromatic nitrogens is 2. The van der Waals surface area contributed by atoms with E-state index in [0.717, 1.165) is 22.9 Å². The highest BCUT2D eigenvalue weighted by molar-refractivity contribution is 5.95. The van der Waals surface area contributed by atoms with E-state index in [1.165, 1.54) is 0 Å². The summed E-state index contributed by atoms with van der Waals surface area (Å²) in [5.41, 5.74) is -0.349. The van der Waals surface area contributed by atoms with Gasteiger partial charge in [-0.1, -0.05) is 31.0 Å². The molecule has 1 unspecified atom stereocenters. The van der Waals surface area contributed by atoms with Crippen molar-refractivity contribution in [2.24, 2.45) is 0 Å². The van der Waals surface area contributed by atoms with E-state index in [0.29, 0.717) is 6.42 Å². The van der Waals surface area contributed by atoms with Crippen LogP contribution in [0.15, 0.2) is 30.5 Å². The molecule has 0 saturated carbocycles. The number of benzene rings is 1. The normalized spacial score (nSPS) is 12.9. The Bertz CT molecular complexity index is 705. The Morgan fingerprint density at radius 3 is 2.46 bits per heavy atom. The zero-order valence-electron chi connectivity index (χ0n) is 13.8. The van der Waals surface area contributed by atoms with Crippen LogP contribution in [-0.2, 0) is 6.18 Å². The van der Waals surface area contributed by atoms with E-state index in [9.17, 15) is 18.0 Å². The quantitative estimate of drug-likeness (QED) is 0.891. The fraction of sp³-hybridized carbons (Fsp3) is 0.412. The molecule has 1 aromatic heterocycles. The number of halogens is 3. The smallest absolute Gasteiger partial charge is 0.349 e. The number of hydrogen-bond donors (Lipinski definition) is 1. The molecule has 1 aromatic carbocycles. The number of carbonyl (C=O) groups excluding carboxylic acids is 1. The third-order valence-electron chi connectivity index (χ3n) is 3.66. The number of nitrogens with zero attached hydrogens (tertiary/aromatic N) is 2. The zero-order valence-corrected chi connectivity index (χ0v) is 13.8. The molecule has 1 amide bonds. The third-order valence-corrected chi connectivity index (χ3v) is 3.66. The minimum atomic E-state index is -4.69. The third kappa shape index (κ3) is 3.96. The molecule has 1 heterocycles. The summed E-state index contributed by atoms with van der Waals surface area (Å²) >= 11 is 0. The van der Waals surface area contributed by atoms with Gasteiger partial charge in [0, 0.05) is 6.04 Å². The second-order valence-corrected chi connectivity index (χ2v) is 5.82. The van der Waals surface area contributed by atoms with Crippen LogP contribution >= 0.6 is 0 Å². The van der Waals surface area contributed by atoms with E-state index < -0.39 is 23.3 Å². The zero-order chi connectivity index (χ0) is 17.9. The maximum atomic E-state index is 13.5. The van der Waals surface area contributed by atoms with Crippen LogP contribution < -0.4 is 5.32 Å². The summed E-state index contributed by atoms with van der Waals surface area (Å²) in [5, 5.41) is 6.38. The number of amides is 1. The predicted octanol–water partition coefficient (Wildman–Crippen LogP) is 4.12. The van der Waals surface area contributed by atoms with Gasteiger partial charge in [0.1, 0.15) is 0 Å². The topological polar surface area (TPSA) is 46.9 Å². The van der Waals surface area contributed by atoms with Gasteiger partial charge >= 0.3 is 6.18 Å². The lowest BCUT2D eigenvalue weighted by Crippen LogP contribution is -2.33. The van der Waals surface area contributed by atoms with Crippen LogP contribution in [0.2, 0.25) is 0 Å². The van der Waals surface area contributed by atoms with Crippen molar-refractivity contribution in [3.05, 3.63) is 47.3 Å². The lowest BCUT2D eigenvalue weighted by atomic mass is 10.1. The number of carbonyl (C=O) groups is 1. The highest BCUT2D eigenvalue weighted by Gasteiger charge is 2.40. The van der Waals surface area contributed by atoms with Crippen LogP contribution in [0.5, 0.6) is 0 Å². The molecule has 0 bridgehead atoms. The summed E-state index contributed by atoms with van der Waals surface area (Å²) in [4.78, 5) is 12.2. The van der Waals surface area contributed by atoms with Crippen molar-refractivity contribution in [1.29, 1.82) is 0 Å². The van der Waals surface area contributed by atoms with Crippen molar-refractivity contribution in [3.8, 4) is 5.69 Å². The van der Waals surface area contributed by atoms with E-state index in [-0.39, 0.29) is 11.7 Å². The largest absolute Gasteiger partial charge is 0.434 e. The van der Waals surface area contributed by atoms with Gasteiger partial charge in [0.2, 0.25) is 0 Å². The van der Waals surface area contributed by atoms with E-state index in [4.69, 9.17) is 0 Å². The molecule has 0 aliphatic carbocycles. The average Bonchev–Trinajstić information content (AvgIpc) is 2.93. The molecule has 1 atom stereocenters. The van der Waals surface area contributed by atoms with Crippen molar-refractivity contribution in [3.63, 3.8) is 0 Å². The Hall–Kier alpha value is -2.31. The second kappa shape index (κ2) is 7.07. The Kier molecular flexibility index (Phi) is 5.31. The monoisotopic (exact) mass is 339 g/mol. The predicted molar refractivity (Wildman–Crippen MR) is 85.1 cm³/mol. The van der Waals surface area contributed by atoms with Gasteiger partial charge in [0.15, 0.2) is 5.69 Å². The fourth-order valence-corrected chi connectivity index (χ4v) is 2.48. The molecule has 0 radical (unpaired) electrons. The first-order chi connectivity index (χ1) is 11.2. The van der Waals surface area contributed by atoms with Crippen LogP contribution in [-0.4, -0.2) is 21.7 Å². The van der Waals surface area contributed by atoms with E-state index in [2.05, 4.69) is 10.4 Å². The highest BCUT2D eigenvalue weighted by Crippen LogP contribution is 2.33. The number of nitrogens with one attached hydrogen (secondary N) is 1. The summed E-state index contributed by atoms with van der Waals surface area (Å²) in [5.74, 6) is -0.762. The van der Waals surface area contributed by atoms with Gasteiger partial charge in [-0.2, -0.15) is 18.3 Å². The summed E-state index contributed by atoms with van der Waals surface area (Å²) < 4.78 is 41.3. The molecule has 0 spiro atoms. The summed E-state index contributed by atoms with van der Waals surface area (Å²) in [7, 11) is 0. The Labute approximate surface area is 138 Å². The molecule has 0 aliphatic heterocycles. The van der Waals surface area contributed by atoms with Crippen LogP contribution in [0.1, 0.15) is 48.3 Å². The Morgan fingerprint density at radius 2 is 1.92 bits per heavy atom. The van der Waals surface area contributed by atoms with Crippen LogP contribution in [0.25, 0.3) is 5.69 Å². The van der Waals surface area contributed by atoms with Gasteiger partial charge < -0.3 is 5.32 Å². The molecule has 1 N–H and O–H groups in total. The minimum Gasteiger partial charge on any atom is -0.349 e. The van der Waals surface area contributed by atoms with Gasteiger partial charge in [-0.15, -0.1) is 0 Å². The van der Waals surface area contributed by atoms with Crippen LogP contribution in [0.3, 0.4) is 0 Å². The summed E-state index contributed by atoms with van der Waals surface area (Å²) in [6.07, 6.45) is -2.20. The van der Waals surface area contributed by atoms with Gasteiger partial charge in [-0.3, -0.25) is 4.79 Å². The molecule has 0 saturated heterocycles. The summed E-state index contributed by atoms with van der Waals surface area (Å²) in [6.45, 7) is 5.55. The molecule has 7 heteroatoms. The van der Waals surface area contributed by atoms with Gasteiger partial charge in [0.05, 0.1) is 17.4 Å². The molecule has 130 valence electrons. The second-order valence-electron chi connectivity index (χ2n) is 5.82. The number of rotatable bonds is 5. The molecule has 4 nitrogen and oxygen atoms in total. The van der Waals surface area contributed by atoms with Crippen molar-refractivity contribution >= 4 is 5.91 Å². The first kappa shape index (κ1) is 18.0. The number of aryl methyl sites for hydroxylation is 1. The number of hydrogen-bond acceptors (Lipinski definition) is 2. The van der Waals surface area contributed by atoms with Crippen LogP contribution in [0.4, 0.5) is 13.2 Å². The highest BCUT2D eigenvalue weighted by atomic mass is 19.4. The Morgan fingerprint density at radius 1 is 1.29 bits per heavy atom. The first-order valence-corrected chi connectivity index (χ1v) is 7.77. The molecule has 24 heavy (non-hydrogen) atoms. The first-order valence-electron chi connectivity index (χ1n) is 7.77. The SMILES string of the molecule is CCCC(C)NC(=O)c1cnn(-c2ccc(C)cc2)c1C(F)(F)F. The molecule has 0 aliphatic rings. The maximum Gasteiger partial charge on any atom is 0.434 e. The number of alkyl halides is 3. The molecule has 2 aromatic rings. The van der Waals surface area contributed by atoms with Crippen LogP contribution in [0, 0.1) is 6.92 Å². The standard InChI is InChI=1S/C17H20F3N3O/c1-4-5-12(3)22-16(24)14-10-21-23(15(14)17(18,19)20)13-8-6-11(2)7-9-13/h6-10,12H,4-5H2,1-3H3,(H,22,24). The Balaban J connectivity index is 2.43. The molecule has 2 rings (SSSR count). The fourth-order valence-electron chi connectivity index (χ4n) is 2.48. The van der Waals surface area contributed by atoms with Gasteiger partial charge in [-0.05, 0) is 32.4 Å².